The smallest absolute Gasteiger partial charge is 0.407 e. The Kier molecular flexibility index (Phi) is 10.4. The molecule has 8 nitrogen and oxygen atoms in total. The lowest BCUT2D eigenvalue weighted by Crippen LogP contribution is -2.50. The molecule has 0 heterocycles. The number of nitrogens with one attached hydrogen (secondary N) is 2. The number of Topliss-reactive ketones (excluding diaryl/α,β-unsaturated/α-hetero) is 1. The van der Waals surface area contributed by atoms with Gasteiger partial charge >= 0.3 is 12.1 Å². The van der Waals surface area contributed by atoms with Gasteiger partial charge in [0.2, 0.25) is 5.91 Å². The molecule has 1 aromatic rings. The van der Waals surface area contributed by atoms with E-state index in [-0.39, 0.29) is 13.2 Å². The Balaban J connectivity index is 2.65. The minimum Gasteiger partial charge on any atom is -0.467 e. The van der Waals surface area contributed by atoms with Crippen LogP contribution in [0.1, 0.15) is 39.2 Å². The molecule has 0 saturated carbocycles. The van der Waals surface area contributed by atoms with Crippen LogP contribution in [0.4, 0.5) is 4.79 Å². The van der Waals surface area contributed by atoms with Gasteiger partial charge in [-0.1, -0.05) is 50.6 Å². The standard InChI is InChI=1S/C21H30N2O6/c1-14(2)10-11-17(19(25)23-18(15(3)24)20(26)28-4)12-22-21(27)29-13-16-8-6-5-7-9-16/h5-9,14,17-18H,10-13H2,1-4H3,(H,22,27)(H,23,25)/t17-,18?/m1/s1. The number of amides is 2. The first-order valence-corrected chi connectivity index (χ1v) is 9.57. The third-order valence-electron chi connectivity index (χ3n) is 4.30. The van der Waals surface area contributed by atoms with E-state index in [2.05, 4.69) is 15.4 Å². The monoisotopic (exact) mass is 406 g/mol. The predicted octanol–water partition coefficient (Wildman–Crippen LogP) is 2.21. The number of rotatable bonds is 11. The maximum atomic E-state index is 12.6. The molecule has 0 saturated heterocycles. The van der Waals surface area contributed by atoms with E-state index in [1.54, 1.807) is 0 Å². The predicted molar refractivity (Wildman–Crippen MR) is 107 cm³/mol. The number of ketones is 1. The van der Waals surface area contributed by atoms with Crippen LogP contribution in [0.2, 0.25) is 0 Å². The highest BCUT2D eigenvalue weighted by atomic mass is 16.5. The normalized spacial score (nSPS) is 12.6. The molecule has 8 heteroatoms. The number of carbonyl (C=O) groups is 4. The van der Waals surface area contributed by atoms with E-state index in [9.17, 15) is 19.2 Å². The first kappa shape index (κ1) is 24.1. The average Bonchev–Trinajstić information content (AvgIpc) is 2.70. The minimum absolute atomic E-state index is 0.0258. The zero-order valence-corrected chi connectivity index (χ0v) is 17.4. The summed E-state index contributed by atoms with van der Waals surface area (Å²) in [5.41, 5.74) is 0.846. The maximum Gasteiger partial charge on any atom is 0.407 e. The highest BCUT2D eigenvalue weighted by Gasteiger charge is 2.29. The Hall–Kier alpha value is -2.90. The SMILES string of the molecule is COC(=O)C(NC(=O)[C@H](CCC(C)C)CNC(=O)OCc1ccccc1)C(C)=O. The molecule has 160 valence electrons. The summed E-state index contributed by atoms with van der Waals surface area (Å²) in [6.45, 7) is 5.37. The molecule has 1 unspecified atom stereocenters. The van der Waals surface area contributed by atoms with Crippen LogP contribution in [0.5, 0.6) is 0 Å². The Labute approximate surface area is 171 Å². The van der Waals surface area contributed by atoms with E-state index in [1.165, 1.54) is 6.92 Å². The average molecular weight is 406 g/mol. The van der Waals surface area contributed by atoms with Crippen LogP contribution >= 0.6 is 0 Å². The van der Waals surface area contributed by atoms with E-state index in [4.69, 9.17) is 4.74 Å². The summed E-state index contributed by atoms with van der Waals surface area (Å²) in [4.78, 5) is 48.0. The summed E-state index contributed by atoms with van der Waals surface area (Å²) in [5.74, 6) is -2.13. The van der Waals surface area contributed by atoms with Crippen molar-refractivity contribution in [3.05, 3.63) is 35.9 Å². The molecule has 0 aliphatic rings. The van der Waals surface area contributed by atoms with Crippen molar-refractivity contribution in [3.63, 3.8) is 0 Å². The number of methoxy groups -OCH3 is 1. The van der Waals surface area contributed by atoms with Crippen molar-refractivity contribution in [2.45, 2.75) is 46.3 Å². The lowest BCUT2D eigenvalue weighted by molar-refractivity contribution is -0.148. The van der Waals surface area contributed by atoms with Gasteiger partial charge in [0.05, 0.1) is 13.0 Å². The summed E-state index contributed by atoms with van der Waals surface area (Å²) in [5, 5.41) is 5.00. The fraction of sp³-hybridized carbons (Fsp3) is 0.524. The largest absolute Gasteiger partial charge is 0.467 e. The molecular weight excluding hydrogens is 376 g/mol. The molecule has 1 rings (SSSR count). The van der Waals surface area contributed by atoms with Crippen molar-refractivity contribution in [1.29, 1.82) is 0 Å². The molecule has 2 atom stereocenters. The third kappa shape index (κ3) is 9.23. The quantitative estimate of drug-likeness (QED) is 0.431. The second kappa shape index (κ2) is 12.5. The van der Waals surface area contributed by atoms with Crippen molar-refractivity contribution < 1.29 is 28.7 Å². The van der Waals surface area contributed by atoms with Gasteiger partial charge in [-0.3, -0.25) is 9.59 Å². The maximum absolute atomic E-state index is 12.6. The van der Waals surface area contributed by atoms with Crippen molar-refractivity contribution in [3.8, 4) is 0 Å². The lowest BCUT2D eigenvalue weighted by atomic mass is 9.96. The number of hydrogen-bond donors (Lipinski definition) is 2. The molecule has 2 amide bonds. The molecule has 0 fully saturated rings. The van der Waals surface area contributed by atoms with Gasteiger partial charge in [0.25, 0.3) is 0 Å². The van der Waals surface area contributed by atoms with Crippen LogP contribution < -0.4 is 10.6 Å². The summed E-state index contributed by atoms with van der Waals surface area (Å²) in [6, 6.07) is 7.86. The highest BCUT2D eigenvalue weighted by molar-refractivity contribution is 6.04. The first-order chi connectivity index (χ1) is 13.7. The first-order valence-electron chi connectivity index (χ1n) is 9.57. The molecule has 0 aliphatic carbocycles. The van der Waals surface area contributed by atoms with Gasteiger partial charge in [0.1, 0.15) is 6.61 Å². The van der Waals surface area contributed by atoms with E-state index < -0.39 is 35.7 Å². The van der Waals surface area contributed by atoms with Crippen LogP contribution in [-0.4, -0.2) is 43.4 Å². The fourth-order valence-corrected chi connectivity index (χ4v) is 2.55. The molecule has 0 radical (unpaired) electrons. The molecular formula is C21H30N2O6. The van der Waals surface area contributed by atoms with Crippen molar-refractivity contribution in [2.75, 3.05) is 13.7 Å². The molecule has 0 aromatic heterocycles. The number of esters is 1. The van der Waals surface area contributed by atoms with Gasteiger partial charge in [0, 0.05) is 6.54 Å². The molecule has 1 aromatic carbocycles. The molecule has 0 bridgehead atoms. The van der Waals surface area contributed by atoms with Crippen LogP contribution in [0.25, 0.3) is 0 Å². The Morgan fingerprint density at radius 2 is 1.69 bits per heavy atom. The van der Waals surface area contributed by atoms with E-state index >= 15 is 0 Å². The Morgan fingerprint density at radius 1 is 1.03 bits per heavy atom. The summed E-state index contributed by atoms with van der Waals surface area (Å²) in [6.07, 6.45) is 0.572. The second-order valence-corrected chi connectivity index (χ2v) is 7.19. The number of benzene rings is 1. The summed E-state index contributed by atoms with van der Waals surface area (Å²) < 4.78 is 9.71. The van der Waals surface area contributed by atoms with Crippen LogP contribution in [0, 0.1) is 11.8 Å². The van der Waals surface area contributed by atoms with Crippen LogP contribution in [0.3, 0.4) is 0 Å². The zero-order valence-electron chi connectivity index (χ0n) is 17.4. The van der Waals surface area contributed by atoms with Crippen molar-refractivity contribution >= 4 is 23.8 Å². The van der Waals surface area contributed by atoms with Gasteiger partial charge in [-0.2, -0.15) is 0 Å². The van der Waals surface area contributed by atoms with E-state index in [1.807, 2.05) is 44.2 Å². The van der Waals surface area contributed by atoms with Crippen molar-refractivity contribution in [2.24, 2.45) is 11.8 Å². The lowest BCUT2D eigenvalue weighted by Gasteiger charge is -2.21. The minimum atomic E-state index is -1.36. The number of ether oxygens (including phenoxy) is 2. The zero-order chi connectivity index (χ0) is 21.8. The molecule has 2 N–H and O–H groups in total. The fourth-order valence-electron chi connectivity index (χ4n) is 2.55. The van der Waals surface area contributed by atoms with Gasteiger partial charge in [-0.05, 0) is 24.8 Å². The number of alkyl carbamates (subject to hydrolysis) is 1. The number of carbonyl (C=O) groups excluding carboxylic acids is 4. The highest BCUT2D eigenvalue weighted by Crippen LogP contribution is 2.13. The second-order valence-electron chi connectivity index (χ2n) is 7.19. The summed E-state index contributed by atoms with van der Waals surface area (Å²) in [7, 11) is 1.14. The Bertz CT molecular complexity index is 690. The number of hydrogen-bond acceptors (Lipinski definition) is 6. The van der Waals surface area contributed by atoms with E-state index in [0.717, 1.165) is 19.1 Å². The molecule has 0 aliphatic heterocycles. The third-order valence-corrected chi connectivity index (χ3v) is 4.30. The van der Waals surface area contributed by atoms with Gasteiger partial charge in [0.15, 0.2) is 11.8 Å². The van der Waals surface area contributed by atoms with Gasteiger partial charge in [-0.25, -0.2) is 9.59 Å². The van der Waals surface area contributed by atoms with Crippen LogP contribution in [0.15, 0.2) is 30.3 Å². The Morgan fingerprint density at radius 3 is 2.24 bits per heavy atom. The van der Waals surface area contributed by atoms with Crippen LogP contribution in [-0.2, 0) is 30.5 Å². The van der Waals surface area contributed by atoms with Crippen molar-refractivity contribution in [1.82, 2.24) is 10.6 Å². The van der Waals surface area contributed by atoms with E-state index in [0.29, 0.717) is 12.3 Å². The van der Waals surface area contributed by atoms with Gasteiger partial charge in [-0.15, -0.1) is 0 Å². The summed E-state index contributed by atoms with van der Waals surface area (Å²) >= 11 is 0. The topological polar surface area (TPSA) is 111 Å². The molecule has 0 spiro atoms. The van der Waals surface area contributed by atoms with Gasteiger partial charge < -0.3 is 20.1 Å². The molecule has 29 heavy (non-hydrogen) atoms.